The van der Waals surface area contributed by atoms with Gasteiger partial charge in [-0.2, -0.15) is 0 Å². The van der Waals surface area contributed by atoms with E-state index in [-0.39, 0.29) is 33.6 Å². The van der Waals surface area contributed by atoms with Crippen LogP contribution in [0.15, 0.2) is 108 Å². The largest absolute Gasteiger partial charge is 0.357 e. The number of nitrogens with one attached hydrogen (secondary N) is 1. The molecule has 0 aliphatic carbocycles. The number of rotatable bonds is 11. The van der Waals surface area contributed by atoms with E-state index in [1.165, 1.54) is 36.2 Å². The summed E-state index contributed by atoms with van der Waals surface area (Å²) in [6, 6.07) is 27.4. The number of nitrogens with zero attached hydrogens (tertiary/aromatic N) is 2. The third kappa shape index (κ3) is 7.44. The van der Waals surface area contributed by atoms with Gasteiger partial charge in [0.25, 0.3) is 10.0 Å². The highest BCUT2D eigenvalue weighted by molar-refractivity contribution is 7.92. The van der Waals surface area contributed by atoms with E-state index in [1.54, 1.807) is 48.5 Å². The molecule has 0 saturated heterocycles. The van der Waals surface area contributed by atoms with Gasteiger partial charge in [-0.05, 0) is 47.5 Å². The maximum absolute atomic E-state index is 14.3. The molecule has 2 amide bonds. The summed E-state index contributed by atoms with van der Waals surface area (Å²) < 4.78 is 28.8. The Balaban J connectivity index is 1.81. The standard InChI is InChI=1S/C31H28Cl3N3O4S/c1-35-31(39)28(19-22-9-4-2-5-10-22)36(20-23-15-17-24(32)18-16-23)29(38)21-37(27-14-8-13-26(33)30(27)34)42(40,41)25-11-6-3-7-12-25/h2-18,28H,19-21H2,1H3,(H,35,39)/t28-/m1/s1. The maximum atomic E-state index is 14.3. The SMILES string of the molecule is CNC(=O)[C@@H](Cc1ccccc1)N(Cc1ccc(Cl)cc1)C(=O)CN(c1cccc(Cl)c1Cl)S(=O)(=O)c1ccccc1. The summed E-state index contributed by atoms with van der Waals surface area (Å²) in [6.07, 6.45) is 0.198. The second-order valence-corrected chi connectivity index (χ2v) is 12.4. The molecule has 218 valence electrons. The van der Waals surface area contributed by atoms with E-state index in [0.717, 1.165) is 9.87 Å². The summed E-state index contributed by atoms with van der Waals surface area (Å²) in [4.78, 5) is 28.9. The monoisotopic (exact) mass is 643 g/mol. The minimum Gasteiger partial charge on any atom is -0.357 e. The Labute approximate surface area is 260 Å². The molecule has 0 unspecified atom stereocenters. The Kier molecular flexibility index (Phi) is 10.5. The lowest BCUT2D eigenvalue weighted by Gasteiger charge is -2.33. The smallest absolute Gasteiger partial charge is 0.264 e. The molecular weight excluding hydrogens is 617 g/mol. The molecule has 4 aromatic rings. The predicted molar refractivity (Wildman–Crippen MR) is 167 cm³/mol. The molecule has 0 saturated carbocycles. The Bertz CT molecular complexity index is 1640. The van der Waals surface area contributed by atoms with Crippen molar-refractivity contribution in [3.05, 3.63) is 129 Å². The number of benzene rings is 4. The number of amides is 2. The van der Waals surface area contributed by atoms with E-state index < -0.39 is 34.4 Å². The number of hydrogen-bond acceptors (Lipinski definition) is 4. The van der Waals surface area contributed by atoms with Crippen molar-refractivity contribution in [1.82, 2.24) is 10.2 Å². The molecule has 0 bridgehead atoms. The van der Waals surface area contributed by atoms with Gasteiger partial charge < -0.3 is 10.2 Å². The highest BCUT2D eigenvalue weighted by atomic mass is 35.5. The lowest BCUT2D eigenvalue weighted by atomic mass is 10.0. The van der Waals surface area contributed by atoms with Gasteiger partial charge in [0, 0.05) is 25.0 Å². The number of carbonyl (C=O) groups is 2. The third-order valence-electron chi connectivity index (χ3n) is 6.59. The second kappa shape index (κ2) is 14.1. The van der Waals surface area contributed by atoms with Gasteiger partial charge in [-0.25, -0.2) is 8.42 Å². The number of likely N-dealkylation sites (N-methyl/N-ethyl adjacent to an activating group) is 1. The zero-order valence-corrected chi connectivity index (χ0v) is 25.7. The first-order valence-electron chi connectivity index (χ1n) is 12.9. The molecule has 0 spiro atoms. The van der Waals surface area contributed by atoms with Crippen LogP contribution in [0.5, 0.6) is 0 Å². The molecule has 0 heterocycles. The molecule has 0 fully saturated rings. The molecule has 4 rings (SSSR count). The van der Waals surface area contributed by atoms with Gasteiger partial charge in [0.05, 0.1) is 20.6 Å². The molecule has 0 aliphatic rings. The van der Waals surface area contributed by atoms with Gasteiger partial charge >= 0.3 is 0 Å². The number of carbonyl (C=O) groups excluding carboxylic acids is 2. The molecule has 7 nitrogen and oxygen atoms in total. The summed E-state index contributed by atoms with van der Waals surface area (Å²) in [6.45, 7) is -0.628. The van der Waals surface area contributed by atoms with Gasteiger partial charge in [0.15, 0.2) is 0 Å². The number of anilines is 1. The normalized spacial score (nSPS) is 11.9. The van der Waals surface area contributed by atoms with Gasteiger partial charge in [0.1, 0.15) is 12.6 Å². The van der Waals surface area contributed by atoms with Crippen LogP contribution in [0.25, 0.3) is 0 Å². The van der Waals surface area contributed by atoms with Crippen molar-refractivity contribution in [1.29, 1.82) is 0 Å². The number of halogens is 3. The molecule has 42 heavy (non-hydrogen) atoms. The third-order valence-corrected chi connectivity index (χ3v) is 9.43. The van der Waals surface area contributed by atoms with Crippen LogP contribution in [0.1, 0.15) is 11.1 Å². The minimum atomic E-state index is -4.29. The summed E-state index contributed by atoms with van der Waals surface area (Å²) in [7, 11) is -2.80. The fourth-order valence-corrected chi connectivity index (χ4v) is 6.45. The zero-order valence-electron chi connectivity index (χ0n) is 22.6. The summed E-state index contributed by atoms with van der Waals surface area (Å²) >= 11 is 18.8. The molecule has 1 N–H and O–H groups in total. The van der Waals surface area contributed by atoms with E-state index in [4.69, 9.17) is 34.8 Å². The lowest BCUT2D eigenvalue weighted by Crippen LogP contribution is -2.53. The molecule has 11 heteroatoms. The highest BCUT2D eigenvalue weighted by Gasteiger charge is 2.35. The summed E-state index contributed by atoms with van der Waals surface area (Å²) in [5.74, 6) is -1.02. The Morgan fingerprint density at radius 2 is 1.40 bits per heavy atom. The molecule has 1 atom stereocenters. The predicted octanol–water partition coefficient (Wildman–Crippen LogP) is 6.23. The van der Waals surface area contributed by atoms with Crippen molar-refractivity contribution < 1.29 is 18.0 Å². The number of sulfonamides is 1. The van der Waals surface area contributed by atoms with Gasteiger partial charge in [0.2, 0.25) is 11.8 Å². The maximum Gasteiger partial charge on any atom is 0.264 e. The Hall–Kier alpha value is -3.56. The van der Waals surface area contributed by atoms with Crippen molar-refractivity contribution >= 4 is 62.3 Å². The summed E-state index contributed by atoms with van der Waals surface area (Å²) in [5, 5.41) is 3.26. The minimum absolute atomic E-state index is 0.0173. The molecule has 0 aliphatic heterocycles. The Morgan fingerprint density at radius 3 is 2.02 bits per heavy atom. The first kappa shape index (κ1) is 31.4. The molecule has 4 aromatic carbocycles. The van der Waals surface area contributed by atoms with Gasteiger partial charge in [-0.3, -0.25) is 13.9 Å². The average Bonchev–Trinajstić information content (AvgIpc) is 3.00. The van der Waals surface area contributed by atoms with Crippen molar-refractivity contribution in [3.8, 4) is 0 Å². The fourth-order valence-electron chi connectivity index (χ4n) is 4.43. The van der Waals surface area contributed by atoms with E-state index in [2.05, 4.69) is 5.32 Å². The van der Waals surface area contributed by atoms with Crippen LogP contribution in [-0.4, -0.2) is 44.8 Å². The average molecular weight is 645 g/mol. The van der Waals surface area contributed by atoms with E-state index in [1.807, 2.05) is 30.3 Å². The highest BCUT2D eigenvalue weighted by Crippen LogP contribution is 2.35. The van der Waals surface area contributed by atoms with Crippen LogP contribution in [0.3, 0.4) is 0 Å². The molecule has 0 radical (unpaired) electrons. The van der Waals surface area contributed by atoms with Gasteiger partial charge in [-0.1, -0.05) is 102 Å². The quantitative estimate of drug-likeness (QED) is 0.210. The first-order chi connectivity index (χ1) is 20.1. The Morgan fingerprint density at radius 1 is 0.786 bits per heavy atom. The van der Waals surface area contributed by atoms with Crippen LogP contribution >= 0.6 is 34.8 Å². The fraction of sp³-hybridized carbons (Fsp3) is 0.161. The van der Waals surface area contributed by atoms with Crippen LogP contribution in [0, 0.1) is 0 Å². The van der Waals surface area contributed by atoms with Crippen molar-refractivity contribution in [2.75, 3.05) is 17.9 Å². The number of hydrogen-bond donors (Lipinski definition) is 1. The summed E-state index contributed by atoms with van der Waals surface area (Å²) in [5.41, 5.74) is 1.56. The first-order valence-corrected chi connectivity index (χ1v) is 15.5. The van der Waals surface area contributed by atoms with Crippen molar-refractivity contribution in [3.63, 3.8) is 0 Å². The molecular formula is C31H28Cl3N3O4S. The van der Waals surface area contributed by atoms with E-state index >= 15 is 0 Å². The van der Waals surface area contributed by atoms with E-state index in [0.29, 0.717) is 10.6 Å². The van der Waals surface area contributed by atoms with Crippen LogP contribution in [0.2, 0.25) is 15.1 Å². The van der Waals surface area contributed by atoms with Crippen LogP contribution in [-0.2, 0) is 32.6 Å². The second-order valence-electron chi connectivity index (χ2n) is 9.37. The van der Waals surface area contributed by atoms with Crippen LogP contribution in [0.4, 0.5) is 5.69 Å². The van der Waals surface area contributed by atoms with Crippen molar-refractivity contribution in [2.24, 2.45) is 0 Å². The van der Waals surface area contributed by atoms with E-state index in [9.17, 15) is 18.0 Å². The molecule has 0 aromatic heterocycles. The lowest BCUT2D eigenvalue weighted by molar-refractivity contribution is -0.139. The van der Waals surface area contributed by atoms with Gasteiger partial charge in [-0.15, -0.1) is 0 Å². The zero-order chi connectivity index (χ0) is 30.3. The van der Waals surface area contributed by atoms with Crippen LogP contribution < -0.4 is 9.62 Å². The van der Waals surface area contributed by atoms with Crippen molar-refractivity contribution in [2.45, 2.75) is 23.9 Å². The topological polar surface area (TPSA) is 86.8 Å².